The molecule has 1 aromatic heterocycles. The van der Waals surface area contributed by atoms with Crippen molar-refractivity contribution < 1.29 is 37.0 Å². The van der Waals surface area contributed by atoms with Gasteiger partial charge in [-0.2, -0.15) is 13.2 Å². The second kappa shape index (κ2) is 9.81. The molecule has 3 rings (SSSR count). The fourth-order valence-corrected chi connectivity index (χ4v) is 3.48. The normalized spacial score (nSPS) is 12.8. The summed E-state index contributed by atoms with van der Waals surface area (Å²) in [5, 5.41) is 3.17. The third-order valence-electron chi connectivity index (χ3n) is 5.07. The number of alkyl halides is 3. The zero-order chi connectivity index (χ0) is 26.0. The number of esters is 1. The summed E-state index contributed by atoms with van der Waals surface area (Å²) in [5.41, 5.74) is -0.562. The Morgan fingerprint density at radius 2 is 1.63 bits per heavy atom. The molecule has 0 saturated heterocycles. The van der Waals surface area contributed by atoms with E-state index in [9.17, 15) is 27.6 Å². The molecule has 1 atom stereocenters. The highest BCUT2D eigenvalue weighted by atomic mass is 19.4. The Bertz CT molecular complexity index is 1240. The smallest absolute Gasteiger partial charge is 0.419 e. The second-order valence-corrected chi connectivity index (χ2v) is 8.85. The van der Waals surface area contributed by atoms with Crippen molar-refractivity contribution in [1.29, 1.82) is 0 Å². The van der Waals surface area contributed by atoms with Crippen molar-refractivity contribution in [3.8, 4) is 0 Å². The number of hydrogen-bond acceptors (Lipinski definition) is 5. The van der Waals surface area contributed by atoms with Crippen molar-refractivity contribution in [3.05, 3.63) is 71.4 Å². The van der Waals surface area contributed by atoms with Crippen LogP contribution < -0.4 is 5.32 Å². The summed E-state index contributed by atoms with van der Waals surface area (Å²) in [6.07, 6.45) is -3.65. The van der Waals surface area contributed by atoms with E-state index in [2.05, 4.69) is 5.32 Å². The zero-order valence-electron chi connectivity index (χ0n) is 19.6. The Kier molecular flexibility index (Phi) is 7.23. The molecule has 1 N–H and O–H groups in total. The molecule has 10 heteroatoms. The number of para-hydroxylation sites is 1. The molecule has 186 valence electrons. The van der Waals surface area contributed by atoms with Gasteiger partial charge in [0.1, 0.15) is 11.6 Å². The van der Waals surface area contributed by atoms with Crippen LogP contribution in [-0.4, -0.2) is 41.3 Å². The number of amides is 1. The molecule has 0 spiro atoms. The average Bonchev–Trinajstić information content (AvgIpc) is 3.15. The van der Waals surface area contributed by atoms with Gasteiger partial charge in [-0.25, -0.2) is 9.59 Å². The van der Waals surface area contributed by atoms with E-state index in [1.54, 1.807) is 45.0 Å². The summed E-state index contributed by atoms with van der Waals surface area (Å²) in [5.74, 6) is -1.50. The number of benzene rings is 2. The van der Waals surface area contributed by atoms with Crippen molar-refractivity contribution in [3.63, 3.8) is 0 Å². The van der Waals surface area contributed by atoms with Crippen LogP contribution in [0.3, 0.4) is 0 Å². The first-order chi connectivity index (χ1) is 16.3. The maximum Gasteiger partial charge on any atom is 0.419 e. The van der Waals surface area contributed by atoms with Crippen molar-refractivity contribution in [1.82, 2.24) is 9.88 Å². The van der Waals surface area contributed by atoms with Crippen molar-refractivity contribution >= 4 is 28.9 Å². The number of ether oxygens (including phenoxy) is 2. The molecular formula is C25H25F3N2O5. The third-order valence-corrected chi connectivity index (χ3v) is 5.07. The Balaban J connectivity index is 1.89. The molecule has 0 radical (unpaired) electrons. The molecule has 0 aliphatic heterocycles. The maximum atomic E-state index is 12.8. The monoisotopic (exact) mass is 490 g/mol. The number of hydrogen-bond donors (Lipinski definition) is 1. The lowest BCUT2D eigenvalue weighted by atomic mass is 10.0. The molecule has 3 aromatic rings. The van der Waals surface area contributed by atoms with Crippen molar-refractivity contribution in [2.24, 2.45) is 0 Å². The van der Waals surface area contributed by atoms with E-state index in [1.807, 2.05) is 0 Å². The van der Waals surface area contributed by atoms with E-state index in [4.69, 9.17) is 9.47 Å². The number of carbonyl (C=O) groups excluding carboxylic acids is 3. The topological polar surface area (TPSA) is 86.6 Å². The van der Waals surface area contributed by atoms with E-state index >= 15 is 0 Å². The highest BCUT2D eigenvalue weighted by Gasteiger charge is 2.31. The minimum Gasteiger partial charge on any atom is -0.467 e. The summed E-state index contributed by atoms with van der Waals surface area (Å²) in [6, 6.07) is 9.46. The number of carbonyl (C=O) groups is 3. The molecule has 0 aliphatic rings. The largest absolute Gasteiger partial charge is 0.467 e. The second-order valence-electron chi connectivity index (χ2n) is 8.85. The molecule has 2 aromatic carbocycles. The van der Waals surface area contributed by atoms with Crippen LogP contribution in [0.2, 0.25) is 0 Å². The van der Waals surface area contributed by atoms with E-state index in [0.29, 0.717) is 16.5 Å². The lowest BCUT2D eigenvalue weighted by Crippen LogP contribution is -2.43. The summed E-state index contributed by atoms with van der Waals surface area (Å²) in [4.78, 5) is 37.9. The Morgan fingerprint density at radius 1 is 1.00 bits per heavy atom. The van der Waals surface area contributed by atoms with Crippen LogP contribution in [0.15, 0.2) is 54.7 Å². The summed E-state index contributed by atoms with van der Waals surface area (Å²) in [7, 11) is 1.16. The highest BCUT2D eigenvalue weighted by molar-refractivity contribution is 5.97. The van der Waals surface area contributed by atoms with Gasteiger partial charge in [-0.15, -0.1) is 0 Å². The predicted molar refractivity (Wildman–Crippen MR) is 122 cm³/mol. The van der Waals surface area contributed by atoms with Crippen LogP contribution in [0.1, 0.15) is 42.3 Å². The molecular weight excluding hydrogens is 465 g/mol. The van der Waals surface area contributed by atoms with Gasteiger partial charge in [-0.1, -0.05) is 18.2 Å². The number of nitrogens with zero attached hydrogens (tertiary/aromatic N) is 1. The van der Waals surface area contributed by atoms with E-state index < -0.39 is 41.4 Å². The quantitative estimate of drug-likeness (QED) is 0.511. The van der Waals surface area contributed by atoms with Crippen LogP contribution in [0.4, 0.5) is 18.0 Å². The molecule has 7 nitrogen and oxygen atoms in total. The SMILES string of the molecule is COC(=O)[C@@H](Cc1cn(C(=O)OC(C)(C)C)c2ccccc12)NC(=O)c1ccc(C(F)(F)F)cc1. The van der Waals surface area contributed by atoms with Gasteiger partial charge in [0.2, 0.25) is 0 Å². The van der Waals surface area contributed by atoms with Gasteiger partial charge in [-0.05, 0) is 56.7 Å². The van der Waals surface area contributed by atoms with Crippen molar-refractivity contribution in [2.75, 3.05) is 7.11 Å². The number of halogens is 3. The van der Waals surface area contributed by atoms with Gasteiger partial charge in [-0.3, -0.25) is 9.36 Å². The fraction of sp³-hybridized carbons (Fsp3) is 0.320. The lowest BCUT2D eigenvalue weighted by molar-refractivity contribution is -0.142. The number of aromatic nitrogens is 1. The Hall–Kier alpha value is -3.82. The molecule has 1 amide bonds. The van der Waals surface area contributed by atoms with Gasteiger partial charge in [0.15, 0.2) is 0 Å². The van der Waals surface area contributed by atoms with E-state index in [-0.39, 0.29) is 12.0 Å². The first-order valence-electron chi connectivity index (χ1n) is 10.7. The van der Waals surface area contributed by atoms with Crippen LogP contribution in [0.5, 0.6) is 0 Å². The van der Waals surface area contributed by atoms with Crippen LogP contribution in [0, 0.1) is 0 Å². The highest BCUT2D eigenvalue weighted by Crippen LogP contribution is 2.29. The predicted octanol–water partition coefficient (Wildman–Crippen LogP) is 4.96. The standard InChI is InChI=1S/C25H25F3N2O5/c1-24(2,3)35-23(33)30-14-16(18-7-5-6-8-20(18)30)13-19(22(32)34-4)29-21(31)15-9-11-17(12-10-15)25(26,27)28/h5-12,14,19H,13H2,1-4H3,(H,29,31)/t19-/m1/s1. The minimum atomic E-state index is -4.54. The summed E-state index contributed by atoms with van der Waals surface area (Å²) >= 11 is 0. The molecule has 1 heterocycles. The first kappa shape index (κ1) is 25.8. The van der Waals surface area contributed by atoms with E-state index in [0.717, 1.165) is 31.4 Å². The Labute approximate surface area is 199 Å². The van der Waals surface area contributed by atoms with Gasteiger partial charge >= 0.3 is 18.2 Å². The van der Waals surface area contributed by atoms with Gasteiger partial charge in [0, 0.05) is 23.6 Å². The maximum absolute atomic E-state index is 12.8. The van der Waals surface area contributed by atoms with Gasteiger partial charge < -0.3 is 14.8 Å². The first-order valence-corrected chi connectivity index (χ1v) is 10.7. The number of fused-ring (bicyclic) bond motifs is 1. The Morgan fingerprint density at radius 3 is 2.20 bits per heavy atom. The van der Waals surface area contributed by atoms with Crippen LogP contribution >= 0.6 is 0 Å². The number of methoxy groups -OCH3 is 1. The molecule has 0 unspecified atom stereocenters. The number of nitrogens with one attached hydrogen (secondary N) is 1. The fourth-order valence-electron chi connectivity index (χ4n) is 3.48. The van der Waals surface area contributed by atoms with Crippen LogP contribution in [-0.2, 0) is 26.9 Å². The average molecular weight is 490 g/mol. The zero-order valence-corrected chi connectivity index (χ0v) is 19.6. The van der Waals surface area contributed by atoms with Gasteiger partial charge in [0.05, 0.1) is 18.2 Å². The van der Waals surface area contributed by atoms with Crippen LogP contribution in [0.25, 0.3) is 10.9 Å². The van der Waals surface area contributed by atoms with E-state index in [1.165, 1.54) is 10.8 Å². The summed E-state index contributed by atoms with van der Waals surface area (Å²) in [6.45, 7) is 5.21. The molecule has 0 aliphatic carbocycles. The minimum absolute atomic E-state index is 0.0324. The molecule has 0 saturated carbocycles. The third kappa shape index (κ3) is 6.20. The number of rotatable bonds is 5. The molecule has 0 bridgehead atoms. The lowest BCUT2D eigenvalue weighted by Gasteiger charge is -2.19. The summed E-state index contributed by atoms with van der Waals surface area (Å²) < 4.78 is 50.0. The van der Waals surface area contributed by atoms with Gasteiger partial charge in [0.25, 0.3) is 5.91 Å². The molecule has 0 fully saturated rings. The van der Waals surface area contributed by atoms with Crippen molar-refractivity contribution in [2.45, 2.75) is 45.0 Å². The molecule has 35 heavy (non-hydrogen) atoms.